The summed E-state index contributed by atoms with van der Waals surface area (Å²) in [5, 5.41) is 21.0. The average molecular weight is 614 g/mol. The van der Waals surface area contributed by atoms with E-state index in [1.807, 2.05) is 36.5 Å². The molecule has 1 saturated heterocycles. The number of benzene rings is 3. The van der Waals surface area contributed by atoms with Crippen molar-refractivity contribution >= 4 is 39.7 Å². The zero-order valence-corrected chi connectivity index (χ0v) is 25.2. The van der Waals surface area contributed by atoms with Gasteiger partial charge < -0.3 is 20.1 Å². The van der Waals surface area contributed by atoms with E-state index in [1.54, 1.807) is 47.0 Å². The molecule has 226 valence electrons. The first-order chi connectivity index (χ1) is 21.1. The molecule has 0 spiro atoms. The number of aliphatic hydroxyl groups is 1. The minimum absolute atomic E-state index is 0.0755. The quantitative estimate of drug-likeness (QED) is 0.227. The SMILES string of the molecule is CC(C)(O)CCn1cc2cc(NC(=O)c3csc(-c4ccc(F)cc4)n3)c(-c3cccc(C(=O)N4CCOCC4)c3)cc2n1. The third kappa shape index (κ3) is 6.70. The number of rotatable bonds is 8. The van der Waals surface area contributed by atoms with Crippen molar-refractivity contribution in [3.63, 3.8) is 0 Å². The number of aryl methyl sites for hydroxylation is 1. The van der Waals surface area contributed by atoms with Gasteiger partial charge in [-0.05, 0) is 74.4 Å². The number of nitrogens with one attached hydrogen (secondary N) is 1. The number of hydrogen-bond acceptors (Lipinski definition) is 7. The van der Waals surface area contributed by atoms with Crippen LogP contribution in [0, 0.1) is 5.82 Å². The molecule has 5 aromatic rings. The number of amides is 2. The molecule has 2 aromatic heterocycles. The molecule has 3 aromatic carbocycles. The van der Waals surface area contributed by atoms with E-state index >= 15 is 0 Å². The van der Waals surface area contributed by atoms with E-state index in [4.69, 9.17) is 9.84 Å². The maximum Gasteiger partial charge on any atom is 0.275 e. The maximum atomic E-state index is 13.5. The number of hydrogen-bond donors (Lipinski definition) is 2. The van der Waals surface area contributed by atoms with Crippen molar-refractivity contribution in [2.45, 2.75) is 32.4 Å². The van der Waals surface area contributed by atoms with Crippen LogP contribution in [0.15, 0.2) is 72.2 Å². The van der Waals surface area contributed by atoms with E-state index in [9.17, 15) is 19.1 Å². The Morgan fingerprint density at radius 2 is 1.84 bits per heavy atom. The molecular weight excluding hydrogens is 581 g/mol. The lowest BCUT2D eigenvalue weighted by Gasteiger charge is -2.27. The van der Waals surface area contributed by atoms with Gasteiger partial charge in [0.2, 0.25) is 0 Å². The zero-order chi connectivity index (χ0) is 30.8. The van der Waals surface area contributed by atoms with Crippen LogP contribution < -0.4 is 5.32 Å². The molecule has 0 saturated carbocycles. The van der Waals surface area contributed by atoms with E-state index in [-0.39, 0.29) is 17.4 Å². The van der Waals surface area contributed by atoms with Crippen molar-refractivity contribution in [1.82, 2.24) is 19.7 Å². The fraction of sp³-hybridized carbons (Fsp3) is 0.273. The number of carbonyl (C=O) groups excluding carboxylic acids is 2. The normalized spacial score (nSPS) is 13.8. The number of anilines is 1. The second kappa shape index (κ2) is 12.3. The predicted octanol–water partition coefficient (Wildman–Crippen LogP) is 5.85. The Morgan fingerprint density at radius 1 is 1.07 bits per heavy atom. The summed E-state index contributed by atoms with van der Waals surface area (Å²) in [4.78, 5) is 33.0. The number of thiazole rings is 1. The maximum absolute atomic E-state index is 13.5. The van der Waals surface area contributed by atoms with Crippen molar-refractivity contribution in [2.75, 3.05) is 31.6 Å². The molecule has 0 radical (unpaired) electrons. The lowest BCUT2D eigenvalue weighted by atomic mass is 9.99. The Bertz CT molecular complexity index is 1820. The van der Waals surface area contributed by atoms with Gasteiger partial charge in [-0.2, -0.15) is 5.10 Å². The van der Waals surface area contributed by atoms with Crippen molar-refractivity contribution in [3.8, 4) is 21.7 Å². The molecule has 3 heterocycles. The highest BCUT2D eigenvalue weighted by Gasteiger charge is 2.21. The van der Waals surface area contributed by atoms with Gasteiger partial charge in [0.15, 0.2) is 0 Å². The van der Waals surface area contributed by atoms with Crippen molar-refractivity contribution in [3.05, 3.63) is 89.3 Å². The molecule has 6 rings (SSSR count). The largest absolute Gasteiger partial charge is 0.390 e. The highest BCUT2D eigenvalue weighted by atomic mass is 32.1. The van der Waals surface area contributed by atoms with E-state index in [1.165, 1.54) is 23.5 Å². The molecule has 0 aliphatic carbocycles. The van der Waals surface area contributed by atoms with Crippen LogP contribution >= 0.6 is 11.3 Å². The average Bonchev–Trinajstić information content (AvgIpc) is 3.67. The van der Waals surface area contributed by atoms with Gasteiger partial charge in [0.1, 0.15) is 16.5 Å². The Balaban J connectivity index is 1.35. The van der Waals surface area contributed by atoms with Crippen LogP contribution in [0.25, 0.3) is 32.6 Å². The first-order valence-corrected chi connectivity index (χ1v) is 15.2. The van der Waals surface area contributed by atoms with Gasteiger partial charge in [-0.25, -0.2) is 9.37 Å². The van der Waals surface area contributed by atoms with Crippen LogP contribution in [-0.4, -0.2) is 68.5 Å². The Morgan fingerprint density at radius 3 is 2.59 bits per heavy atom. The predicted molar refractivity (Wildman–Crippen MR) is 168 cm³/mol. The first-order valence-electron chi connectivity index (χ1n) is 14.4. The second-order valence-corrected chi connectivity index (χ2v) is 12.3. The molecule has 0 unspecified atom stereocenters. The fourth-order valence-corrected chi connectivity index (χ4v) is 5.83. The van der Waals surface area contributed by atoms with Crippen LogP contribution in [0.3, 0.4) is 0 Å². The van der Waals surface area contributed by atoms with E-state index in [2.05, 4.69) is 10.3 Å². The smallest absolute Gasteiger partial charge is 0.275 e. The molecule has 0 atom stereocenters. The van der Waals surface area contributed by atoms with Crippen LogP contribution in [-0.2, 0) is 11.3 Å². The van der Waals surface area contributed by atoms with Gasteiger partial charge in [0, 0.05) is 59.0 Å². The van der Waals surface area contributed by atoms with Gasteiger partial charge in [-0.1, -0.05) is 12.1 Å². The van der Waals surface area contributed by atoms with Crippen molar-refractivity contribution < 1.29 is 23.8 Å². The Labute approximate surface area is 257 Å². The third-order valence-electron chi connectivity index (χ3n) is 7.44. The summed E-state index contributed by atoms with van der Waals surface area (Å²) in [6.45, 7) is 6.11. The number of carbonyl (C=O) groups is 2. The van der Waals surface area contributed by atoms with Crippen molar-refractivity contribution in [2.24, 2.45) is 0 Å². The number of aromatic nitrogens is 3. The monoisotopic (exact) mass is 613 g/mol. The van der Waals surface area contributed by atoms with Crippen LogP contribution in [0.2, 0.25) is 0 Å². The van der Waals surface area contributed by atoms with E-state index < -0.39 is 11.5 Å². The summed E-state index contributed by atoms with van der Waals surface area (Å²) in [7, 11) is 0. The summed E-state index contributed by atoms with van der Waals surface area (Å²) in [5.41, 5.74) is 3.36. The van der Waals surface area contributed by atoms with Gasteiger partial charge in [-0.3, -0.25) is 14.3 Å². The lowest BCUT2D eigenvalue weighted by molar-refractivity contribution is 0.0303. The van der Waals surface area contributed by atoms with E-state index in [0.29, 0.717) is 66.6 Å². The number of ether oxygens (including phenoxy) is 1. The molecule has 2 N–H and O–H groups in total. The molecule has 2 amide bonds. The van der Waals surface area contributed by atoms with Gasteiger partial charge in [-0.15, -0.1) is 11.3 Å². The lowest BCUT2D eigenvalue weighted by Crippen LogP contribution is -2.40. The van der Waals surface area contributed by atoms with E-state index in [0.717, 1.165) is 16.5 Å². The minimum atomic E-state index is -0.837. The topological polar surface area (TPSA) is 110 Å². The first kappa shape index (κ1) is 29.6. The molecule has 1 aliphatic heterocycles. The standard InChI is InChI=1S/C33H32FN5O4S/c1-33(2,42)10-11-39-19-24-17-28(35-30(40)29-20-44-31(36-29)21-6-8-25(34)9-7-21)26(18-27(24)37-39)22-4-3-5-23(16-22)32(41)38-12-14-43-15-13-38/h3-9,16-20,42H,10-15H2,1-2H3,(H,35,40). The second-order valence-electron chi connectivity index (χ2n) is 11.4. The summed E-state index contributed by atoms with van der Waals surface area (Å²) in [6, 6.07) is 17.1. The number of nitrogens with zero attached hydrogens (tertiary/aromatic N) is 4. The van der Waals surface area contributed by atoms with Gasteiger partial charge in [0.25, 0.3) is 11.8 Å². The molecule has 9 nitrogen and oxygen atoms in total. The van der Waals surface area contributed by atoms with Gasteiger partial charge >= 0.3 is 0 Å². The summed E-state index contributed by atoms with van der Waals surface area (Å²) >= 11 is 1.30. The van der Waals surface area contributed by atoms with Crippen molar-refractivity contribution in [1.29, 1.82) is 0 Å². The Kier molecular flexibility index (Phi) is 8.26. The molecule has 11 heteroatoms. The zero-order valence-electron chi connectivity index (χ0n) is 24.4. The summed E-state index contributed by atoms with van der Waals surface area (Å²) in [5.74, 6) is -0.816. The molecule has 44 heavy (non-hydrogen) atoms. The number of halogens is 1. The summed E-state index contributed by atoms with van der Waals surface area (Å²) in [6.07, 6.45) is 2.40. The Hall–Kier alpha value is -4.45. The molecule has 1 fully saturated rings. The number of fused-ring (bicyclic) bond motifs is 1. The number of morpholine rings is 1. The molecule has 1 aliphatic rings. The third-order valence-corrected chi connectivity index (χ3v) is 8.33. The van der Waals surface area contributed by atoms with Crippen LogP contribution in [0.5, 0.6) is 0 Å². The molecular formula is C33H32FN5O4S. The van der Waals surface area contributed by atoms with Gasteiger partial charge in [0.05, 0.1) is 24.3 Å². The van der Waals surface area contributed by atoms with Crippen LogP contribution in [0.1, 0.15) is 41.1 Å². The highest BCUT2D eigenvalue weighted by Crippen LogP contribution is 2.34. The van der Waals surface area contributed by atoms with Crippen LogP contribution in [0.4, 0.5) is 10.1 Å². The highest BCUT2D eigenvalue weighted by molar-refractivity contribution is 7.13. The fourth-order valence-electron chi connectivity index (χ4n) is 5.03. The minimum Gasteiger partial charge on any atom is -0.390 e. The summed E-state index contributed by atoms with van der Waals surface area (Å²) < 4.78 is 20.6. The molecule has 0 bridgehead atoms.